The summed E-state index contributed by atoms with van der Waals surface area (Å²) >= 11 is 0. The van der Waals surface area contributed by atoms with Crippen LogP contribution in [0.15, 0.2) is 67.4 Å². The molecule has 3 aliphatic rings. The minimum absolute atomic E-state index is 0.0182. The van der Waals surface area contributed by atoms with Crippen LogP contribution in [0.4, 0.5) is 4.79 Å². The van der Waals surface area contributed by atoms with E-state index in [2.05, 4.69) is 16.5 Å². The van der Waals surface area contributed by atoms with Crippen LogP contribution in [0.3, 0.4) is 0 Å². The summed E-state index contributed by atoms with van der Waals surface area (Å²) in [5, 5.41) is 7.14. The Morgan fingerprint density at radius 3 is 2.52 bits per heavy atom. The minimum atomic E-state index is -0.663. The summed E-state index contributed by atoms with van der Waals surface area (Å²) in [5.74, 6) is -0.0794. The molecular weight excluding hydrogens is 532 g/mol. The molecule has 10 heteroatoms. The van der Waals surface area contributed by atoms with E-state index in [0.29, 0.717) is 26.2 Å². The summed E-state index contributed by atoms with van der Waals surface area (Å²) in [6.45, 7) is 7.52. The highest BCUT2D eigenvalue weighted by Gasteiger charge is 2.46. The maximum absolute atomic E-state index is 13.6. The molecule has 0 radical (unpaired) electrons. The number of amides is 4. The molecule has 2 aliphatic heterocycles. The van der Waals surface area contributed by atoms with Crippen molar-refractivity contribution in [1.82, 2.24) is 29.7 Å². The number of aromatic nitrogens is 1. The van der Waals surface area contributed by atoms with Gasteiger partial charge in [0.05, 0.1) is 18.6 Å². The Kier molecular flexibility index (Phi) is 7.55. The van der Waals surface area contributed by atoms with Crippen LogP contribution in [-0.2, 0) is 29.2 Å². The number of hydrazine groups is 1. The van der Waals surface area contributed by atoms with E-state index in [0.717, 1.165) is 40.4 Å². The van der Waals surface area contributed by atoms with Crippen LogP contribution in [0.25, 0.3) is 10.9 Å². The Morgan fingerprint density at radius 2 is 1.81 bits per heavy atom. The van der Waals surface area contributed by atoms with Crippen LogP contribution < -0.4 is 5.32 Å². The van der Waals surface area contributed by atoms with Crippen LogP contribution in [0.5, 0.6) is 0 Å². The van der Waals surface area contributed by atoms with Crippen molar-refractivity contribution in [2.24, 2.45) is 5.92 Å². The highest BCUT2D eigenvalue weighted by molar-refractivity contribution is 6.10. The average Bonchev–Trinajstić information content (AvgIpc) is 3.78. The van der Waals surface area contributed by atoms with Crippen molar-refractivity contribution >= 4 is 34.5 Å². The van der Waals surface area contributed by atoms with Gasteiger partial charge in [0.1, 0.15) is 12.7 Å². The first kappa shape index (κ1) is 27.7. The number of piperazine rings is 1. The number of para-hydroxylation sites is 1. The van der Waals surface area contributed by atoms with Gasteiger partial charge < -0.3 is 19.7 Å². The molecule has 218 valence electrons. The van der Waals surface area contributed by atoms with Gasteiger partial charge in [-0.15, -0.1) is 6.58 Å². The number of ketones is 1. The second kappa shape index (κ2) is 11.4. The Balaban J connectivity index is 1.28. The highest BCUT2D eigenvalue weighted by Crippen LogP contribution is 2.36. The van der Waals surface area contributed by atoms with Crippen molar-refractivity contribution in [3.8, 4) is 0 Å². The third-order valence-electron chi connectivity index (χ3n) is 8.36. The van der Waals surface area contributed by atoms with Crippen LogP contribution in [0.2, 0.25) is 0 Å². The molecule has 6 rings (SSSR count). The zero-order valence-corrected chi connectivity index (χ0v) is 23.9. The number of hydrogen-bond acceptors (Lipinski definition) is 5. The van der Waals surface area contributed by atoms with Gasteiger partial charge in [-0.3, -0.25) is 14.4 Å². The van der Waals surface area contributed by atoms with Crippen molar-refractivity contribution in [3.63, 3.8) is 0 Å². The second-order valence-corrected chi connectivity index (χ2v) is 11.2. The van der Waals surface area contributed by atoms with E-state index in [1.165, 1.54) is 4.90 Å². The van der Waals surface area contributed by atoms with E-state index in [4.69, 9.17) is 0 Å². The number of aryl methyl sites for hydroxylation is 1. The lowest BCUT2D eigenvalue weighted by atomic mass is 10.0. The molecule has 3 aromatic rings. The highest BCUT2D eigenvalue weighted by atomic mass is 16.2. The number of carbonyl (C=O) groups excluding carboxylic acids is 4. The average molecular weight is 569 g/mol. The maximum Gasteiger partial charge on any atom is 0.334 e. The second-order valence-electron chi connectivity index (χ2n) is 11.2. The molecule has 0 unspecified atom stereocenters. The Morgan fingerprint density at radius 1 is 1.02 bits per heavy atom. The first-order valence-corrected chi connectivity index (χ1v) is 14.6. The summed E-state index contributed by atoms with van der Waals surface area (Å²) in [5.41, 5.74) is 3.57. The largest absolute Gasteiger partial charge is 0.347 e. The van der Waals surface area contributed by atoms with Gasteiger partial charge in [-0.2, -0.15) is 0 Å². The van der Waals surface area contributed by atoms with Crippen LogP contribution >= 0.6 is 0 Å². The third kappa shape index (κ3) is 5.18. The third-order valence-corrected chi connectivity index (χ3v) is 8.36. The quantitative estimate of drug-likeness (QED) is 0.315. The summed E-state index contributed by atoms with van der Waals surface area (Å²) < 4.78 is 2.08. The fourth-order valence-corrected chi connectivity index (χ4v) is 6.08. The fraction of sp³-hybridized carbons (Fsp3) is 0.375. The smallest absolute Gasteiger partial charge is 0.334 e. The van der Waals surface area contributed by atoms with Crippen LogP contribution in [0.1, 0.15) is 41.3 Å². The number of benzene rings is 2. The van der Waals surface area contributed by atoms with Gasteiger partial charge in [0, 0.05) is 49.2 Å². The Bertz CT molecular complexity index is 1550. The molecule has 3 fully saturated rings. The number of nitrogens with zero attached hydrogens (tertiary/aromatic N) is 5. The summed E-state index contributed by atoms with van der Waals surface area (Å²) in [6, 6.07) is 15.2. The predicted molar refractivity (Wildman–Crippen MR) is 158 cm³/mol. The maximum atomic E-state index is 13.6. The van der Waals surface area contributed by atoms with Gasteiger partial charge in [-0.25, -0.2) is 14.8 Å². The molecule has 1 N–H and O–H groups in total. The number of rotatable bonds is 9. The molecule has 10 nitrogen and oxygen atoms in total. The normalized spacial score (nSPS) is 19.3. The molecule has 4 amide bonds. The molecule has 1 saturated carbocycles. The van der Waals surface area contributed by atoms with Crippen molar-refractivity contribution in [3.05, 3.63) is 84.1 Å². The van der Waals surface area contributed by atoms with Crippen molar-refractivity contribution in [2.45, 2.75) is 45.6 Å². The van der Waals surface area contributed by atoms with E-state index in [1.54, 1.807) is 21.0 Å². The number of Topliss-reactive ketones (excluding diaryl/α,β-unsaturated/α-hetero) is 1. The summed E-state index contributed by atoms with van der Waals surface area (Å²) in [6.07, 6.45) is 4.82. The van der Waals surface area contributed by atoms with Gasteiger partial charge in [-0.1, -0.05) is 54.6 Å². The van der Waals surface area contributed by atoms with E-state index >= 15 is 0 Å². The molecule has 3 heterocycles. The summed E-state index contributed by atoms with van der Waals surface area (Å²) in [7, 11) is 0. The summed E-state index contributed by atoms with van der Waals surface area (Å²) in [4.78, 5) is 56.4. The van der Waals surface area contributed by atoms with Gasteiger partial charge >= 0.3 is 6.03 Å². The first-order chi connectivity index (χ1) is 20.4. The molecule has 2 saturated heterocycles. The monoisotopic (exact) mass is 568 g/mol. The molecule has 2 aromatic carbocycles. The van der Waals surface area contributed by atoms with Crippen LogP contribution in [-0.4, -0.2) is 80.4 Å². The van der Waals surface area contributed by atoms with E-state index in [-0.39, 0.29) is 49.2 Å². The van der Waals surface area contributed by atoms with Crippen molar-refractivity contribution in [2.75, 3.05) is 26.2 Å². The topological polar surface area (TPSA) is 98.2 Å². The molecule has 0 spiro atoms. The molecule has 1 aliphatic carbocycles. The van der Waals surface area contributed by atoms with Gasteiger partial charge in [0.2, 0.25) is 11.8 Å². The van der Waals surface area contributed by atoms with Crippen molar-refractivity contribution < 1.29 is 19.2 Å². The fourth-order valence-electron chi connectivity index (χ4n) is 6.08. The number of urea groups is 1. The first-order valence-electron chi connectivity index (χ1n) is 14.6. The molecule has 42 heavy (non-hydrogen) atoms. The minimum Gasteiger partial charge on any atom is -0.347 e. The Hall–Kier alpha value is -4.44. The number of carbonyl (C=O) groups is 4. The van der Waals surface area contributed by atoms with Gasteiger partial charge in [0.25, 0.3) is 0 Å². The molecule has 1 aromatic heterocycles. The molecular formula is C32H36N6O4. The zero-order chi connectivity index (χ0) is 29.4. The van der Waals surface area contributed by atoms with E-state index in [1.807, 2.05) is 61.7 Å². The van der Waals surface area contributed by atoms with E-state index in [9.17, 15) is 19.2 Å². The lowest BCUT2D eigenvalue weighted by molar-refractivity contribution is -0.180. The zero-order valence-electron chi connectivity index (χ0n) is 23.9. The lowest BCUT2D eigenvalue weighted by Gasteiger charge is -2.52. The number of nitrogens with one attached hydrogen (secondary N) is 1. The standard InChI is InChI=1S/C32H36N6O4/c1-3-15-36-20-29(40)37-21-28(39)35(19-27(37)38(36)32(42)33-16-22-9-6-5-7-10-22)17-24-11-8-12-25-26(31(41)23-13-14-23)18-34(4-2)30(24)25/h3,5-12,18,23,27H,1,4,13-17,19-21H2,2H3,(H,33,42)/t27-/m0/s1. The SMILES string of the molecule is C=CCN1CC(=O)N2CC(=O)N(Cc3cccc4c(C(=O)C5CC5)cn(CC)c34)C[C@@H]2N1C(=O)NCc1ccccc1. The number of fused-ring (bicyclic) bond motifs is 2. The van der Waals surface area contributed by atoms with Crippen molar-refractivity contribution in [1.29, 1.82) is 0 Å². The molecule has 1 atom stereocenters. The van der Waals surface area contributed by atoms with E-state index < -0.39 is 6.17 Å². The van der Waals surface area contributed by atoms with Gasteiger partial charge in [0.15, 0.2) is 5.78 Å². The lowest BCUT2D eigenvalue weighted by Crippen LogP contribution is -2.73. The number of hydrogen-bond donors (Lipinski definition) is 1. The molecule has 0 bridgehead atoms. The predicted octanol–water partition coefficient (Wildman–Crippen LogP) is 3.38. The van der Waals surface area contributed by atoms with Crippen LogP contribution in [0, 0.1) is 5.92 Å². The van der Waals surface area contributed by atoms with Gasteiger partial charge in [-0.05, 0) is 30.9 Å². The Labute approximate surface area is 245 Å².